The van der Waals surface area contributed by atoms with Gasteiger partial charge in [0.1, 0.15) is 0 Å². The van der Waals surface area contributed by atoms with Gasteiger partial charge in [0, 0.05) is 12.2 Å². The zero-order chi connectivity index (χ0) is 15.0. The molecule has 6 heteroatoms. The van der Waals surface area contributed by atoms with Crippen LogP contribution in [0.1, 0.15) is 45.6 Å². The highest BCUT2D eigenvalue weighted by atomic mass is 127. The van der Waals surface area contributed by atoms with Gasteiger partial charge >= 0.3 is 0 Å². The molecule has 21 heavy (non-hydrogen) atoms. The zero-order valence-electron chi connectivity index (χ0n) is 13.7. The Kier molecular flexibility index (Phi) is 10.5. The lowest BCUT2D eigenvalue weighted by Gasteiger charge is -2.15. The minimum absolute atomic E-state index is 0. The largest absolute Gasteiger partial charge is 0.370 e. The van der Waals surface area contributed by atoms with Crippen LogP contribution in [0.4, 0.5) is 0 Å². The van der Waals surface area contributed by atoms with Crippen molar-refractivity contribution in [2.24, 2.45) is 16.6 Å². The standard InChI is InChI=1S/C15H29N5.HI/c1-12(2)6-5-7-14(4)19-15(16)17-8-9-20-11-13(3)10-18-20;/h10-12,14H,5-9H2,1-4H3,(H3,16,17,19);1H. The molecule has 0 fully saturated rings. The van der Waals surface area contributed by atoms with E-state index in [2.05, 4.69) is 36.2 Å². The van der Waals surface area contributed by atoms with E-state index in [0.717, 1.165) is 18.9 Å². The van der Waals surface area contributed by atoms with Crippen LogP contribution in [0.15, 0.2) is 17.4 Å². The van der Waals surface area contributed by atoms with Crippen LogP contribution in [0, 0.1) is 12.8 Å². The molecule has 0 spiro atoms. The molecule has 1 heterocycles. The second-order valence-electron chi connectivity index (χ2n) is 5.92. The fraction of sp³-hybridized carbons (Fsp3) is 0.733. The van der Waals surface area contributed by atoms with E-state index >= 15 is 0 Å². The molecule has 0 bridgehead atoms. The zero-order valence-corrected chi connectivity index (χ0v) is 16.0. The summed E-state index contributed by atoms with van der Waals surface area (Å²) in [5.41, 5.74) is 7.05. The molecule has 1 atom stereocenters. The normalized spacial score (nSPS) is 13.1. The Hall–Kier alpha value is -0.790. The highest BCUT2D eigenvalue weighted by molar-refractivity contribution is 14.0. The molecule has 122 valence electrons. The van der Waals surface area contributed by atoms with Crippen LogP contribution in [0.25, 0.3) is 0 Å². The Bertz CT molecular complexity index is 414. The second kappa shape index (κ2) is 10.9. The summed E-state index contributed by atoms with van der Waals surface area (Å²) in [7, 11) is 0. The van der Waals surface area contributed by atoms with Crippen LogP contribution >= 0.6 is 24.0 Å². The summed E-state index contributed by atoms with van der Waals surface area (Å²) >= 11 is 0. The quantitative estimate of drug-likeness (QED) is 0.396. The van der Waals surface area contributed by atoms with Gasteiger partial charge in [0.2, 0.25) is 0 Å². The van der Waals surface area contributed by atoms with E-state index in [1.807, 2.05) is 24.0 Å². The van der Waals surface area contributed by atoms with Gasteiger partial charge in [-0.3, -0.25) is 9.67 Å². The molecule has 0 saturated heterocycles. The monoisotopic (exact) mass is 407 g/mol. The van der Waals surface area contributed by atoms with Crippen molar-refractivity contribution in [3.8, 4) is 0 Å². The fourth-order valence-corrected chi connectivity index (χ4v) is 2.06. The topological polar surface area (TPSA) is 68.2 Å². The van der Waals surface area contributed by atoms with Crippen molar-refractivity contribution in [2.45, 2.75) is 59.5 Å². The average Bonchev–Trinajstić information content (AvgIpc) is 2.74. The predicted molar refractivity (Wildman–Crippen MR) is 100 cm³/mol. The van der Waals surface area contributed by atoms with E-state index < -0.39 is 0 Å². The van der Waals surface area contributed by atoms with Crippen LogP contribution in [-0.2, 0) is 6.54 Å². The third kappa shape index (κ3) is 9.71. The number of guanidine groups is 1. The number of nitrogens with one attached hydrogen (secondary N) is 1. The van der Waals surface area contributed by atoms with E-state index in [1.165, 1.54) is 18.4 Å². The lowest BCUT2D eigenvalue weighted by Crippen LogP contribution is -2.38. The number of halogens is 1. The van der Waals surface area contributed by atoms with Crippen molar-refractivity contribution in [1.29, 1.82) is 0 Å². The van der Waals surface area contributed by atoms with E-state index in [-0.39, 0.29) is 24.0 Å². The van der Waals surface area contributed by atoms with Crippen molar-refractivity contribution in [3.63, 3.8) is 0 Å². The molecule has 1 aromatic rings. The van der Waals surface area contributed by atoms with Crippen molar-refractivity contribution in [2.75, 3.05) is 6.54 Å². The maximum atomic E-state index is 5.88. The molecule has 0 aliphatic carbocycles. The van der Waals surface area contributed by atoms with Gasteiger partial charge in [-0.1, -0.05) is 26.7 Å². The molecule has 1 unspecified atom stereocenters. The van der Waals surface area contributed by atoms with E-state index in [9.17, 15) is 0 Å². The third-order valence-electron chi connectivity index (χ3n) is 3.19. The minimum atomic E-state index is 0. The van der Waals surface area contributed by atoms with Crippen LogP contribution in [-0.4, -0.2) is 28.3 Å². The average molecular weight is 407 g/mol. The first kappa shape index (κ1) is 20.2. The van der Waals surface area contributed by atoms with Gasteiger partial charge in [-0.2, -0.15) is 5.10 Å². The van der Waals surface area contributed by atoms with Gasteiger partial charge in [-0.05, 0) is 31.7 Å². The number of nitrogens with zero attached hydrogens (tertiary/aromatic N) is 3. The summed E-state index contributed by atoms with van der Waals surface area (Å²) < 4.78 is 1.89. The molecular formula is C15H30IN5. The fourth-order valence-electron chi connectivity index (χ4n) is 2.06. The Morgan fingerprint density at radius 1 is 1.38 bits per heavy atom. The number of aliphatic imine (C=N–C) groups is 1. The van der Waals surface area contributed by atoms with Gasteiger partial charge in [0.25, 0.3) is 0 Å². The highest BCUT2D eigenvalue weighted by Gasteiger charge is 2.03. The van der Waals surface area contributed by atoms with Gasteiger partial charge in [0.05, 0.1) is 19.3 Å². The molecule has 0 radical (unpaired) electrons. The lowest BCUT2D eigenvalue weighted by molar-refractivity contribution is 0.493. The van der Waals surface area contributed by atoms with Gasteiger partial charge < -0.3 is 11.1 Å². The summed E-state index contributed by atoms with van der Waals surface area (Å²) in [5.74, 6) is 1.30. The summed E-state index contributed by atoms with van der Waals surface area (Å²) in [6.07, 6.45) is 7.48. The smallest absolute Gasteiger partial charge is 0.188 e. The second-order valence-corrected chi connectivity index (χ2v) is 5.92. The number of hydrogen-bond acceptors (Lipinski definition) is 2. The van der Waals surface area contributed by atoms with E-state index in [1.54, 1.807) is 0 Å². The first-order valence-electron chi connectivity index (χ1n) is 7.53. The summed E-state index contributed by atoms with van der Waals surface area (Å²) in [6.45, 7) is 10.1. The maximum Gasteiger partial charge on any atom is 0.188 e. The molecule has 0 aromatic carbocycles. The van der Waals surface area contributed by atoms with Gasteiger partial charge in [0.15, 0.2) is 5.96 Å². The molecule has 0 aliphatic rings. The Labute approximate surface area is 145 Å². The molecule has 0 aliphatic heterocycles. The maximum absolute atomic E-state index is 5.88. The number of hydrogen-bond donors (Lipinski definition) is 2. The summed E-state index contributed by atoms with van der Waals surface area (Å²) in [6, 6.07) is 0.379. The Morgan fingerprint density at radius 2 is 2.10 bits per heavy atom. The van der Waals surface area contributed by atoms with E-state index in [0.29, 0.717) is 18.5 Å². The number of nitrogens with two attached hydrogens (primary N) is 1. The molecule has 1 rings (SSSR count). The predicted octanol–water partition coefficient (Wildman–Crippen LogP) is 2.93. The summed E-state index contributed by atoms with van der Waals surface area (Å²) in [5, 5.41) is 7.46. The van der Waals surface area contributed by atoms with Crippen molar-refractivity contribution in [3.05, 3.63) is 18.0 Å². The van der Waals surface area contributed by atoms with E-state index in [4.69, 9.17) is 5.73 Å². The molecule has 1 aromatic heterocycles. The van der Waals surface area contributed by atoms with Crippen molar-refractivity contribution in [1.82, 2.24) is 15.1 Å². The van der Waals surface area contributed by atoms with Crippen molar-refractivity contribution >= 4 is 29.9 Å². The van der Waals surface area contributed by atoms with Crippen LogP contribution in [0.5, 0.6) is 0 Å². The van der Waals surface area contributed by atoms with Crippen LogP contribution < -0.4 is 11.1 Å². The van der Waals surface area contributed by atoms with Gasteiger partial charge in [-0.15, -0.1) is 24.0 Å². The van der Waals surface area contributed by atoms with Crippen LogP contribution in [0.2, 0.25) is 0 Å². The van der Waals surface area contributed by atoms with Gasteiger partial charge in [-0.25, -0.2) is 0 Å². The third-order valence-corrected chi connectivity index (χ3v) is 3.19. The molecule has 0 amide bonds. The number of aromatic nitrogens is 2. The SMILES string of the molecule is Cc1cnn(CCN=C(N)NC(C)CCCC(C)C)c1.I. The summed E-state index contributed by atoms with van der Waals surface area (Å²) in [4.78, 5) is 4.33. The molecular weight excluding hydrogens is 377 g/mol. The first-order chi connectivity index (χ1) is 9.47. The van der Waals surface area contributed by atoms with Crippen molar-refractivity contribution < 1.29 is 0 Å². The van der Waals surface area contributed by atoms with Crippen LogP contribution in [0.3, 0.4) is 0 Å². The minimum Gasteiger partial charge on any atom is -0.370 e. The molecule has 0 saturated carbocycles. The lowest BCUT2D eigenvalue weighted by atomic mass is 10.0. The Balaban J connectivity index is 0.00000400. The molecule has 3 N–H and O–H groups in total. The Morgan fingerprint density at radius 3 is 2.67 bits per heavy atom. The molecule has 5 nitrogen and oxygen atoms in total. The number of aryl methyl sites for hydroxylation is 1. The highest BCUT2D eigenvalue weighted by Crippen LogP contribution is 2.07. The first-order valence-corrected chi connectivity index (χ1v) is 7.53. The number of rotatable bonds is 8.